The van der Waals surface area contributed by atoms with Crippen LogP contribution in [0.2, 0.25) is 0 Å². The maximum atomic E-state index is 10.9. The van der Waals surface area contributed by atoms with Crippen LogP contribution in [0.1, 0.15) is 12.5 Å². The second-order valence-electron chi connectivity index (χ2n) is 3.73. The van der Waals surface area contributed by atoms with Crippen molar-refractivity contribution in [3.05, 3.63) is 42.5 Å². The van der Waals surface area contributed by atoms with Gasteiger partial charge in [0.15, 0.2) is 5.16 Å². The van der Waals surface area contributed by atoms with E-state index in [0.29, 0.717) is 0 Å². The topological polar surface area (TPSA) is 129 Å². The quantitative estimate of drug-likeness (QED) is 0.573. The first kappa shape index (κ1) is 17.6. The number of benzene rings is 1. The molecule has 1 unspecified atom stereocenters. The molecular weight excluding hydrogens is 287 g/mol. The van der Waals surface area contributed by atoms with Crippen LogP contribution in [0.25, 0.3) is 0 Å². The lowest BCUT2D eigenvalue weighted by atomic mass is 10.0. The molecule has 0 amide bonds. The van der Waals surface area contributed by atoms with Crippen LogP contribution in [0.3, 0.4) is 0 Å². The molecule has 0 radical (unpaired) electrons. The predicted molar refractivity (Wildman–Crippen MR) is 69.2 cm³/mol. The molecular formula is C12H13O7P. The Balaban J connectivity index is 0.000000621. The van der Waals surface area contributed by atoms with Crippen LogP contribution in [0.5, 0.6) is 5.75 Å². The Morgan fingerprint density at radius 3 is 2.10 bits per heavy atom. The lowest BCUT2D eigenvalue weighted by Crippen LogP contribution is -2.26. The van der Waals surface area contributed by atoms with E-state index in [-0.39, 0.29) is 11.3 Å². The van der Waals surface area contributed by atoms with Crippen LogP contribution < -0.4 is 0 Å². The van der Waals surface area contributed by atoms with Crippen molar-refractivity contribution in [2.75, 3.05) is 0 Å². The van der Waals surface area contributed by atoms with Crippen LogP contribution >= 0.6 is 7.68 Å². The zero-order valence-electron chi connectivity index (χ0n) is 10.5. The monoisotopic (exact) mass is 300 g/mol. The molecule has 0 spiro atoms. The van der Waals surface area contributed by atoms with E-state index >= 15 is 0 Å². The fraction of sp³-hybridized carbons (Fsp3) is 0.167. The van der Waals surface area contributed by atoms with Crippen LogP contribution in [0, 0.1) is 0 Å². The van der Waals surface area contributed by atoms with E-state index in [1.807, 2.05) is 0 Å². The van der Waals surface area contributed by atoms with Crippen LogP contribution in [0.4, 0.5) is 0 Å². The van der Waals surface area contributed by atoms with Gasteiger partial charge in [-0.05, 0) is 24.6 Å². The molecule has 0 saturated heterocycles. The molecule has 0 aliphatic carbocycles. The van der Waals surface area contributed by atoms with E-state index in [9.17, 15) is 18.7 Å². The van der Waals surface area contributed by atoms with Gasteiger partial charge < -0.3 is 15.3 Å². The van der Waals surface area contributed by atoms with Crippen molar-refractivity contribution in [3.63, 3.8) is 0 Å². The molecule has 0 aliphatic rings. The summed E-state index contributed by atoms with van der Waals surface area (Å²) in [6.07, 6.45) is 0.833. The third-order valence-corrected chi connectivity index (χ3v) is 3.54. The summed E-state index contributed by atoms with van der Waals surface area (Å²) in [5.41, 5.74) is 0.0334. The number of aliphatic carboxylic acids is 2. The van der Waals surface area contributed by atoms with Crippen molar-refractivity contribution < 1.29 is 34.0 Å². The summed E-state index contributed by atoms with van der Waals surface area (Å²) < 4.78 is 21.9. The Morgan fingerprint density at radius 2 is 1.80 bits per heavy atom. The number of carbonyl (C=O) groups is 2. The van der Waals surface area contributed by atoms with Gasteiger partial charge in [-0.2, -0.15) is 0 Å². The number of aromatic hydroxyl groups is 1. The van der Waals surface area contributed by atoms with Gasteiger partial charge in [0.1, 0.15) is 5.75 Å². The van der Waals surface area contributed by atoms with E-state index in [2.05, 4.69) is 6.58 Å². The molecule has 0 aliphatic heterocycles. The van der Waals surface area contributed by atoms with Crippen molar-refractivity contribution >= 4 is 19.6 Å². The number of hydrogen-bond donors (Lipinski definition) is 3. The smallest absolute Gasteiger partial charge is 0.337 e. The molecule has 0 saturated carbocycles. The van der Waals surface area contributed by atoms with Crippen LogP contribution in [-0.4, -0.2) is 27.3 Å². The third-order valence-electron chi connectivity index (χ3n) is 2.36. The molecule has 20 heavy (non-hydrogen) atoms. The Kier molecular flexibility index (Phi) is 6.38. The fourth-order valence-corrected chi connectivity index (χ4v) is 1.62. The van der Waals surface area contributed by atoms with Crippen molar-refractivity contribution in [3.8, 4) is 5.75 Å². The Bertz CT molecular complexity index is 583. The molecule has 108 valence electrons. The SMILES string of the molecule is C=CC(=O)O.CC(C(=O)O)(c1cccc(O)c1)P(=O)=O. The van der Waals surface area contributed by atoms with Crippen LogP contribution in [0.15, 0.2) is 36.9 Å². The molecule has 1 atom stereocenters. The Labute approximate surface area is 115 Å². The van der Waals surface area contributed by atoms with E-state index in [4.69, 9.17) is 15.3 Å². The summed E-state index contributed by atoms with van der Waals surface area (Å²) in [6, 6.07) is 5.20. The van der Waals surface area contributed by atoms with E-state index in [0.717, 1.165) is 19.1 Å². The van der Waals surface area contributed by atoms with Gasteiger partial charge >= 0.3 is 19.6 Å². The van der Waals surface area contributed by atoms with Crippen molar-refractivity contribution in [2.24, 2.45) is 0 Å². The average molecular weight is 300 g/mol. The first-order valence-electron chi connectivity index (χ1n) is 5.19. The Hall–Kier alpha value is -2.40. The van der Waals surface area contributed by atoms with Crippen molar-refractivity contribution in [1.29, 1.82) is 0 Å². The number of carboxylic acids is 2. The Morgan fingerprint density at radius 1 is 1.30 bits per heavy atom. The van der Waals surface area contributed by atoms with Gasteiger partial charge in [-0.25, -0.2) is 13.9 Å². The molecule has 0 fully saturated rings. The summed E-state index contributed by atoms with van der Waals surface area (Å²) in [6.45, 7) is 4.04. The highest BCUT2D eigenvalue weighted by Crippen LogP contribution is 2.40. The molecule has 8 heteroatoms. The fourth-order valence-electron chi connectivity index (χ4n) is 1.12. The van der Waals surface area contributed by atoms with Gasteiger partial charge in [-0.1, -0.05) is 18.7 Å². The normalized spacial score (nSPS) is 12.2. The van der Waals surface area contributed by atoms with E-state index in [1.165, 1.54) is 18.2 Å². The van der Waals surface area contributed by atoms with Crippen molar-refractivity contribution in [2.45, 2.75) is 12.1 Å². The minimum absolute atomic E-state index is 0.0334. The molecule has 0 aromatic heterocycles. The molecule has 1 aromatic carbocycles. The number of phenols is 1. The van der Waals surface area contributed by atoms with Gasteiger partial charge in [-0.15, -0.1) is 0 Å². The molecule has 1 rings (SSSR count). The van der Waals surface area contributed by atoms with E-state index in [1.54, 1.807) is 0 Å². The van der Waals surface area contributed by atoms with Gasteiger partial charge in [0.2, 0.25) is 0 Å². The minimum atomic E-state index is -3.18. The highest BCUT2D eigenvalue weighted by atomic mass is 31.1. The highest BCUT2D eigenvalue weighted by Gasteiger charge is 2.42. The lowest BCUT2D eigenvalue weighted by Gasteiger charge is -2.16. The van der Waals surface area contributed by atoms with Gasteiger partial charge in [0.05, 0.1) is 0 Å². The second-order valence-corrected chi connectivity index (χ2v) is 5.14. The standard InChI is InChI=1S/C9H9O5P.C3H4O2/c1-9(8(11)12,15(13)14)6-3-2-4-7(10)5-6;1-2-3(4)5/h2-5,10H,1H3,(H,11,12);2H,1H2,(H,4,5). The highest BCUT2D eigenvalue weighted by molar-refractivity contribution is 7.34. The number of hydrogen-bond acceptors (Lipinski definition) is 5. The average Bonchev–Trinajstić information content (AvgIpc) is 2.37. The minimum Gasteiger partial charge on any atom is -0.508 e. The summed E-state index contributed by atoms with van der Waals surface area (Å²) in [5.74, 6) is -2.62. The molecule has 0 heterocycles. The molecule has 1 aromatic rings. The molecule has 7 nitrogen and oxygen atoms in total. The lowest BCUT2D eigenvalue weighted by molar-refractivity contribution is -0.140. The maximum absolute atomic E-state index is 10.9. The molecule has 3 N–H and O–H groups in total. The summed E-state index contributed by atoms with van der Waals surface area (Å²) in [5, 5.41) is 23.6. The number of rotatable bonds is 4. The van der Waals surface area contributed by atoms with Gasteiger partial charge in [0.25, 0.3) is 0 Å². The maximum Gasteiger partial charge on any atom is 0.337 e. The number of phenolic OH excluding ortho intramolecular Hbond substituents is 1. The predicted octanol–water partition coefficient (Wildman–Crippen LogP) is 2.12. The first-order valence-corrected chi connectivity index (χ1v) is 6.36. The summed E-state index contributed by atoms with van der Waals surface area (Å²) in [4.78, 5) is 20.2. The summed E-state index contributed by atoms with van der Waals surface area (Å²) >= 11 is 0. The zero-order valence-corrected chi connectivity index (χ0v) is 11.4. The first-order chi connectivity index (χ1) is 9.16. The second kappa shape index (κ2) is 7.25. The zero-order chi connectivity index (χ0) is 15.9. The van der Waals surface area contributed by atoms with Gasteiger partial charge in [0, 0.05) is 6.08 Å². The number of carboxylic acid groups (broad SMARTS) is 2. The molecule has 0 bridgehead atoms. The third kappa shape index (κ3) is 4.37. The largest absolute Gasteiger partial charge is 0.508 e. The van der Waals surface area contributed by atoms with Gasteiger partial charge in [-0.3, -0.25) is 4.79 Å². The van der Waals surface area contributed by atoms with E-state index < -0.39 is 24.8 Å². The van der Waals surface area contributed by atoms with Crippen LogP contribution in [-0.2, 0) is 23.9 Å². The summed E-state index contributed by atoms with van der Waals surface area (Å²) in [7, 11) is -3.18. The van der Waals surface area contributed by atoms with Crippen molar-refractivity contribution in [1.82, 2.24) is 0 Å².